The average Bonchev–Trinajstić information content (AvgIpc) is 2.71. The molecule has 9 heteroatoms. The van der Waals surface area contributed by atoms with Gasteiger partial charge in [0.25, 0.3) is 0 Å². The summed E-state index contributed by atoms with van der Waals surface area (Å²) in [6.45, 7) is 4.53. The molecule has 20 heavy (non-hydrogen) atoms. The van der Waals surface area contributed by atoms with Crippen LogP contribution in [0, 0.1) is 0 Å². The minimum absolute atomic E-state index is 0.0176. The first-order valence-electron chi connectivity index (χ1n) is 6.40. The number of hydrogen-bond acceptors (Lipinski definition) is 7. The van der Waals surface area contributed by atoms with Gasteiger partial charge in [0.2, 0.25) is 5.91 Å². The van der Waals surface area contributed by atoms with Crippen LogP contribution in [0.15, 0.2) is 4.90 Å². The molecule has 1 aromatic rings. The molecule has 0 spiro atoms. The molecule has 0 aliphatic heterocycles. The summed E-state index contributed by atoms with van der Waals surface area (Å²) in [6, 6.07) is 0. The highest BCUT2D eigenvalue weighted by atomic mass is 32.2. The number of carbonyl (C=O) groups is 1. The van der Waals surface area contributed by atoms with E-state index in [1.807, 2.05) is 6.92 Å². The van der Waals surface area contributed by atoms with Crippen LogP contribution in [0.2, 0.25) is 0 Å². The van der Waals surface area contributed by atoms with E-state index in [2.05, 4.69) is 15.0 Å². The largest absolute Gasteiger partial charge is 0.382 e. The minimum atomic E-state index is -3.43. The summed E-state index contributed by atoms with van der Waals surface area (Å²) in [5.41, 5.74) is 5.64. The Morgan fingerprint density at radius 3 is 2.70 bits per heavy atom. The third-order valence-corrected chi connectivity index (χ3v) is 5.40. The molecule has 1 heterocycles. The van der Waals surface area contributed by atoms with Gasteiger partial charge in [-0.15, -0.1) is 0 Å². The number of nitrogens with two attached hydrogens (primary N) is 1. The Kier molecular flexibility index (Phi) is 6.21. The van der Waals surface area contributed by atoms with E-state index in [0.29, 0.717) is 24.5 Å². The molecule has 1 aromatic heterocycles. The monoisotopic (exact) mass is 320 g/mol. The first-order chi connectivity index (χ1) is 9.42. The van der Waals surface area contributed by atoms with Crippen LogP contribution >= 0.6 is 11.5 Å². The lowest BCUT2D eigenvalue weighted by atomic mass is 10.4. The van der Waals surface area contributed by atoms with Crippen LogP contribution in [0.25, 0.3) is 0 Å². The van der Waals surface area contributed by atoms with Gasteiger partial charge in [0.05, 0.1) is 5.75 Å². The quantitative estimate of drug-likeness (QED) is 0.654. The van der Waals surface area contributed by atoms with Crippen molar-refractivity contribution in [3.8, 4) is 0 Å². The van der Waals surface area contributed by atoms with E-state index < -0.39 is 9.84 Å². The third kappa shape index (κ3) is 4.34. The van der Waals surface area contributed by atoms with Gasteiger partial charge in [0.15, 0.2) is 15.7 Å². The summed E-state index contributed by atoms with van der Waals surface area (Å²) in [5.74, 6) is -0.0416. The van der Waals surface area contributed by atoms with Crippen molar-refractivity contribution in [3.63, 3.8) is 0 Å². The average molecular weight is 320 g/mol. The number of sulfone groups is 1. The molecule has 0 saturated carbocycles. The summed E-state index contributed by atoms with van der Waals surface area (Å²) < 4.78 is 28.1. The molecule has 114 valence electrons. The highest BCUT2D eigenvalue weighted by molar-refractivity contribution is 7.91. The van der Waals surface area contributed by atoms with E-state index >= 15 is 0 Å². The SMILES string of the molecule is CCCS(=O)(=O)c1c(N)nsc1NCCC(=O)NCC. The molecule has 0 aliphatic carbocycles. The lowest BCUT2D eigenvalue weighted by Gasteiger charge is -2.07. The van der Waals surface area contributed by atoms with Gasteiger partial charge >= 0.3 is 0 Å². The predicted molar refractivity (Wildman–Crippen MR) is 80.7 cm³/mol. The summed E-state index contributed by atoms with van der Waals surface area (Å²) in [7, 11) is -3.43. The normalized spacial score (nSPS) is 11.3. The number of amides is 1. The van der Waals surface area contributed by atoms with E-state index in [4.69, 9.17) is 5.73 Å². The Bertz CT molecular complexity index is 554. The van der Waals surface area contributed by atoms with Crippen molar-refractivity contribution in [3.05, 3.63) is 0 Å². The number of carbonyl (C=O) groups excluding carboxylic acids is 1. The highest BCUT2D eigenvalue weighted by Gasteiger charge is 2.24. The van der Waals surface area contributed by atoms with Crippen LogP contribution in [0.5, 0.6) is 0 Å². The molecular formula is C11H20N4O3S2. The Hall–Kier alpha value is -1.35. The number of nitrogen functional groups attached to an aromatic ring is 1. The summed E-state index contributed by atoms with van der Waals surface area (Å²) >= 11 is 0.997. The van der Waals surface area contributed by atoms with Gasteiger partial charge in [-0.1, -0.05) is 6.92 Å². The van der Waals surface area contributed by atoms with Crippen molar-refractivity contribution in [2.75, 3.05) is 29.9 Å². The number of nitrogens with zero attached hydrogens (tertiary/aromatic N) is 1. The summed E-state index contributed by atoms with van der Waals surface area (Å²) in [6.07, 6.45) is 0.773. The van der Waals surface area contributed by atoms with Crippen LogP contribution in [-0.2, 0) is 14.6 Å². The molecule has 1 rings (SSSR count). The molecule has 1 amide bonds. The molecule has 0 atom stereocenters. The Morgan fingerprint density at radius 2 is 2.10 bits per heavy atom. The van der Waals surface area contributed by atoms with Crippen molar-refractivity contribution in [1.82, 2.24) is 9.69 Å². The van der Waals surface area contributed by atoms with E-state index in [9.17, 15) is 13.2 Å². The zero-order valence-electron chi connectivity index (χ0n) is 11.6. The van der Waals surface area contributed by atoms with E-state index in [-0.39, 0.29) is 28.8 Å². The Labute approximate surface area is 123 Å². The fourth-order valence-corrected chi connectivity index (χ4v) is 4.30. The number of anilines is 2. The molecule has 0 unspecified atom stereocenters. The van der Waals surface area contributed by atoms with Gasteiger partial charge in [-0.2, -0.15) is 4.37 Å². The number of nitrogens with one attached hydrogen (secondary N) is 2. The Morgan fingerprint density at radius 1 is 1.40 bits per heavy atom. The number of aromatic nitrogens is 1. The zero-order chi connectivity index (χ0) is 15.2. The maximum Gasteiger partial charge on any atom is 0.221 e. The molecule has 0 saturated heterocycles. The molecular weight excluding hydrogens is 300 g/mol. The van der Waals surface area contributed by atoms with Crippen molar-refractivity contribution in [2.24, 2.45) is 0 Å². The van der Waals surface area contributed by atoms with Crippen molar-refractivity contribution < 1.29 is 13.2 Å². The molecule has 7 nitrogen and oxygen atoms in total. The van der Waals surface area contributed by atoms with Crippen LogP contribution < -0.4 is 16.4 Å². The molecule has 0 aliphatic rings. The second-order valence-electron chi connectivity index (χ2n) is 4.18. The maximum atomic E-state index is 12.1. The van der Waals surface area contributed by atoms with Gasteiger partial charge in [-0.3, -0.25) is 4.79 Å². The van der Waals surface area contributed by atoms with Crippen LogP contribution in [0.4, 0.5) is 10.8 Å². The number of rotatable bonds is 8. The maximum absolute atomic E-state index is 12.1. The fraction of sp³-hybridized carbons (Fsp3) is 0.636. The zero-order valence-corrected chi connectivity index (χ0v) is 13.2. The first kappa shape index (κ1) is 16.7. The number of hydrogen-bond donors (Lipinski definition) is 3. The van der Waals surface area contributed by atoms with Crippen molar-refractivity contribution >= 4 is 38.1 Å². The van der Waals surface area contributed by atoms with Crippen LogP contribution in [0.3, 0.4) is 0 Å². The molecule has 4 N–H and O–H groups in total. The fourth-order valence-electron chi connectivity index (χ4n) is 1.65. The molecule has 0 radical (unpaired) electrons. The molecule has 0 aromatic carbocycles. The van der Waals surface area contributed by atoms with Gasteiger partial charge in [-0.25, -0.2) is 8.42 Å². The Balaban J connectivity index is 2.75. The standard InChI is InChI=1S/C11H20N4O3S2/c1-3-7-20(17,18)9-10(12)15-19-11(9)14-6-5-8(16)13-4-2/h14H,3-7H2,1-2H3,(H2,12,15)(H,13,16). The van der Waals surface area contributed by atoms with Gasteiger partial charge < -0.3 is 16.4 Å². The second-order valence-corrected chi connectivity index (χ2v) is 6.99. The smallest absolute Gasteiger partial charge is 0.221 e. The van der Waals surface area contributed by atoms with Crippen molar-refractivity contribution in [2.45, 2.75) is 31.6 Å². The first-order valence-corrected chi connectivity index (χ1v) is 8.83. The summed E-state index contributed by atoms with van der Waals surface area (Å²) in [5, 5.41) is 6.00. The summed E-state index contributed by atoms with van der Waals surface area (Å²) in [4.78, 5) is 11.4. The topological polar surface area (TPSA) is 114 Å². The van der Waals surface area contributed by atoms with E-state index in [1.54, 1.807) is 6.92 Å². The van der Waals surface area contributed by atoms with Crippen LogP contribution in [0.1, 0.15) is 26.7 Å². The van der Waals surface area contributed by atoms with Gasteiger partial charge in [-0.05, 0) is 24.9 Å². The van der Waals surface area contributed by atoms with Crippen molar-refractivity contribution in [1.29, 1.82) is 0 Å². The highest BCUT2D eigenvalue weighted by Crippen LogP contribution is 2.32. The second kappa shape index (κ2) is 7.44. The molecule has 0 bridgehead atoms. The predicted octanol–water partition coefficient (Wildman–Crippen LogP) is 0.847. The lowest BCUT2D eigenvalue weighted by Crippen LogP contribution is -2.24. The van der Waals surface area contributed by atoms with Crippen LogP contribution in [-0.4, -0.2) is 37.5 Å². The van der Waals surface area contributed by atoms with Gasteiger partial charge in [0, 0.05) is 19.5 Å². The lowest BCUT2D eigenvalue weighted by molar-refractivity contribution is -0.120. The third-order valence-electron chi connectivity index (χ3n) is 2.47. The minimum Gasteiger partial charge on any atom is -0.382 e. The van der Waals surface area contributed by atoms with E-state index in [1.165, 1.54) is 0 Å². The van der Waals surface area contributed by atoms with Gasteiger partial charge in [0.1, 0.15) is 9.90 Å². The molecule has 0 fully saturated rings. The van der Waals surface area contributed by atoms with E-state index in [0.717, 1.165) is 11.5 Å².